The number of ether oxygens (including phenoxy) is 2. The second-order valence-electron chi connectivity index (χ2n) is 9.62. The van der Waals surface area contributed by atoms with E-state index in [2.05, 4.69) is 4.90 Å². The minimum Gasteiger partial charge on any atom is -0.482 e. The highest BCUT2D eigenvalue weighted by Crippen LogP contribution is 2.35. The topological polar surface area (TPSA) is 99.7 Å². The summed E-state index contributed by atoms with van der Waals surface area (Å²) in [6, 6.07) is 5.03. The number of rotatable bonds is 5. The van der Waals surface area contributed by atoms with E-state index < -0.39 is 10.0 Å². The third-order valence-electron chi connectivity index (χ3n) is 7.50. The average molecular weight is 507 g/mol. The maximum atomic E-state index is 13.2. The van der Waals surface area contributed by atoms with Gasteiger partial charge in [0.15, 0.2) is 6.61 Å². The van der Waals surface area contributed by atoms with Crippen LogP contribution >= 0.6 is 0 Å². The lowest BCUT2D eigenvalue weighted by Crippen LogP contribution is -2.51. The van der Waals surface area contributed by atoms with Crippen LogP contribution in [0, 0.1) is 0 Å². The van der Waals surface area contributed by atoms with Gasteiger partial charge in [0.25, 0.3) is 5.91 Å². The third-order valence-corrected chi connectivity index (χ3v) is 9.39. The van der Waals surface area contributed by atoms with Crippen molar-refractivity contribution in [1.29, 1.82) is 0 Å². The van der Waals surface area contributed by atoms with Crippen LogP contribution in [0.2, 0.25) is 0 Å². The first-order valence-electron chi connectivity index (χ1n) is 12.6. The predicted octanol–water partition coefficient (Wildman–Crippen LogP) is 0.910. The molecule has 3 fully saturated rings. The molecule has 0 aliphatic carbocycles. The summed E-state index contributed by atoms with van der Waals surface area (Å²) >= 11 is 0. The molecule has 35 heavy (non-hydrogen) atoms. The lowest BCUT2D eigenvalue weighted by atomic mass is 10.00. The van der Waals surface area contributed by atoms with Crippen LogP contribution in [0.25, 0.3) is 0 Å². The molecule has 0 spiro atoms. The van der Waals surface area contributed by atoms with Crippen LogP contribution in [-0.4, -0.2) is 106 Å². The number of benzene rings is 1. The van der Waals surface area contributed by atoms with Crippen LogP contribution in [0.3, 0.4) is 0 Å². The molecule has 10 nitrogen and oxygen atoms in total. The fourth-order valence-corrected chi connectivity index (χ4v) is 6.88. The van der Waals surface area contributed by atoms with E-state index in [4.69, 9.17) is 9.47 Å². The molecule has 0 radical (unpaired) electrons. The van der Waals surface area contributed by atoms with Crippen molar-refractivity contribution < 1.29 is 27.5 Å². The van der Waals surface area contributed by atoms with Gasteiger partial charge < -0.3 is 19.3 Å². The van der Waals surface area contributed by atoms with Gasteiger partial charge in [-0.25, -0.2) is 8.42 Å². The molecular weight excluding hydrogens is 472 g/mol. The lowest BCUT2D eigenvalue weighted by Gasteiger charge is -2.40. The van der Waals surface area contributed by atoms with Gasteiger partial charge in [0.05, 0.1) is 23.8 Å². The summed E-state index contributed by atoms with van der Waals surface area (Å²) in [6.45, 7) is 4.61. The zero-order chi connectivity index (χ0) is 24.4. The van der Waals surface area contributed by atoms with Gasteiger partial charge in [0.2, 0.25) is 15.9 Å². The first kappa shape index (κ1) is 24.5. The van der Waals surface area contributed by atoms with Crippen LogP contribution in [0.15, 0.2) is 23.1 Å². The zero-order valence-electron chi connectivity index (χ0n) is 20.1. The number of carbonyl (C=O) groups excluding carboxylic acids is 2. The SMILES string of the molecule is O=C(CN1C(=O)COc2ccc(S(=O)(=O)N3CCOCC3)cc21)N1CCC(N2CCCCC2)CC1. The number of sulfonamides is 1. The van der Waals surface area contributed by atoms with Gasteiger partial charge in [-0.1, -0.05) is 6.42 Å². The molecule has 0 bridgehead atoms. The Morgan fingerprint density at radius 1 is 0.971 bits per heavy atom. The summed E-state index contributed by atoms with van der Waals surface area (Å²) in [7, 11) is -3.74. The molecule has 0 unspecified atom stereocenters. The van der Waals surface area contributed by atoms with Crippen molar-refractivity contribution in [2.24, 2.45) is 0 Å². The molecule has 192 valence electrons. The maximum absolute atomic E-state index is 13.2. The largest absolute Gasteiger partial charge is 0.482 e. The van der Waals surface area contributed by atoms with E-state index in [9.17, 15) is 18.0 Å². The van der Waals surface area contributed by atoms with E-state index in [0.717, 1.165) is 25.9 Å². The number of piperidine rings is 2. The van der Waals surface area contributed by atoms with Crippen molar-refractivity contribution in [2.75, 3.05) is 70.5 Å². The van der Waals surface area contributed by atoms with Gasteiger partial charge in [-0.3, -0.25) is 14.5 Å². The molecule has 0 atom stereocenters. The van der Waals surface area contributed by atoms with Crippen LogP contribution in [0.5, 0.6) is 5.75 Å². The van der Waals surface area contributed by atoms with Gasteiger partial charge in [0, 0.05) is 32.2 Å². The second-order valence-corrected chi connectivity index (χ2v) is 11.6. The van der Waals surface area contributed by atoms with Gasteiger partial charge in [-0.2, -0.15) is 4.31 Å². The van der Waals surface area contributed by atoms with Crippen LogP contribution in [0.4, 0.5) is 5.69 Å². The molecule has 2 amide bonds. The second kappa shape index (κ2) is 10.4. The highest BCUT2D eigenvalue weighted by atomic mass is 32.2. The standard InChI is InChI=1S/C24H34N4O6S/c29-23(26-10-6-19(7-11-26)25-8-2-1-3-9-25)17-28-21-16-20(4-5-22(21)34-18-24(28)30)35(31,32)27-12-14-33-15-13-27/h4-5,16,19H,1-3,6-15,17-18H2. The number of hydrogen-bond donors (Lipinski definition) is 0. The predicted molar refractivity (Wildman–Crippen MR) is 129 cm³/mol. The summed E-state index contributed by atoms with van der Waals surface area (Å²) in [4.78, 5) is 31.8. The normalized spacial score (nSPS) is 23.1. The minimum atomic E-state index is -3.74. The van der Waals surface area contributed by atoms with E-state index in [1.807, 2.05) is 4.90 Å². The molecule has 11 heteroatoms. The number of morpholine rings is 1. The van der Waals surface area contributed by atoms with Crippen molar-refractivity contribution in [3.8, 4) is 5.75 Å². The Bertz CT molecular complexity index is 1040. The van der Waals surface area contributed by atoms with Gasteiger partial charge in [-0.05, 0) is 57.0 Å². The van der Waals surface area contributed by atoms with Crippen molar-refractivity contribution in [3.05, 3.63) is 18.2 Å². The highest BCUT2D eigenvalue weighted by Gasteiger charge is 2.34. The highest BCUT2D eigenvalue weighted by molar-refractivity contribution is 7.89. The lowest BCUT2D eigenvalue weighted by molar-refractivity contribution is -0.133. The number of anilines is 1. The van der Waals surface area contributed by atoms with Crippen LogP contribution in [0.1, 0.15) is 32.1 Å². The number of hydrogen-bond acceptors (Lipinski definition) is 7. The average Bonchev–Trinajstić information content (AvgIpc) is 2.91. The number of carbonyl (C=O) groups is 2. The molecule has 4 aliphatic heterocycles. The fourth-order valence-electron chi connectivity index (χ4n) is 5.45. The minimum absolute atomic E-state index is 0.0799. The quantitative estimate of drug-likeness (QED) is 0.585. The maximum Gasteiger partial charge on any atom is 0.265 e. The Kier molecular flexibility index (Phi) is 7.29. The summed E-state index contributed by atoms with van der Waals surface area (Å²) < 4.78 is 38.5. The van der Waals surface area contributed by atoms with Crippen LogP contribution < -0.4 is 9.64 Å². The summed E-state index contributed by atoms with van der Waals surface area (Å²) in [5.41, 5.74) is 0.326. The van der Waals surface area contributed by atoms with Gasteiger partial charge >= 0.3 is 0 Å². The van der Waals surface area contributed by atoms with Crippen molar-refractivity contribution in [1.82, 2.24) is 14.1 Å². The number of nitrogens with zero attached hydrogens (tertiary/aromatic N) is 4. The molecule has 1 aromatic carbocycles. The first-order valence-corrected chi connectivity index (χ1v) is 14.0. The Morgan fingerprint density at radius 2 is 1.69 bits per heavy atom. The van der Waals surface area contributed by atoms with Gasteiger partial charge in [-0.15, -0.1) is 0 Å². The third kappa shape index (κ3) is 5.18. The Labute approximate surface area is 206 Å². The van der Waals surface area contributed by atoms with E-state index >= 15 is 0 Å². The molecule has 0 saturated carbocycles. The molecule has 0 aromatic heterocycles. The molecule has 5 rings (SSSR count). The van der Waals surface area contributed by atoms with Crippen molar-refractivity contribution in [2.45, 2.75) is 43.0 Å². The van der Waals surface area contributed by atoms with Crippen molar-refractivity contribution in [3.63, 3.8) is 0 Å². The number of amides is 2. The molecule has 0 N–H and O–H groups in total. The fraction of sp³-hybridized carbons (Fsp3) is 0.667. The molecular formula is C24H34N4O6S. The smallest absolute Gasteiger partial charge is 0.265 e. The van der Waals surface area contributed by atoms with E-state index in [1.54, 1.807) is 6.07 Å². The van der Waals surface area contributed by atoms with E-state index in [0.29, 0.717) is 43.8 Å². The summed E-state index contributed by atoms with van der Waals surface area (Å²) in [5, 5.41) is 0. The Hall–Kier alpha value is -2.21. The Balaban J connectivity index is 1.28. The monoisotopic (exact) mass is 506 g/mol. The molecule has 4 heterocycles. The zero-order valence-corrected chi connectivity index (χ0v) is 20.9. The number of fused-ring (bicyclic) bond motifs is 1. The number of likely N-dealkylation sites (tertiary alicyclic amines) is 2. The molecule has 4 aliphatic rings. The van der Waals surface area contributed by atoms with E-state index in [1.165, 1.54) is 40.6 Å². The van der Waals surface area contributed by atoms with Crippen molar-refractivity contribution >= 4 is 27.5 Å². The van der Waals surface area contributed by atoms with Crippen LogP contribution in [-0.2, 0) is 24.3 Å². The first-order chi connectivity index (χ1) is 16.9. The molecule has 1 aromatic rings. The summed E-state index contributed by atoms with van der Waals surface area (Å²) in [6.07, 6.45) is 5.70. The van der Waals surface area contributed by atoms with Gasteiger partial charge in [0.1, 0.15) is 12.3 Å². The summed E-state index contributed by atoms with van der Waals surface area (Å²) in [5.74, 6) is -0.0677. The van der Waals surface area contributed by atoms with E-state index in [-0.39, 0.29) is 43.0 Å². The Morgan fingerprint density at radius 3 is 2.40 bits per heavy atom. The molecule has 3 saturated heterocycles.